The number of fused-ring (bicyclic) bond motifs is 1. The van der Waals surface area contributed by atoms with Gasteiger partial charge in [0.2, 0.25) is 5.65 Å². The van der Waals surface area contributed by atoms with Gasteiger partial charge in [-0.2, -0.15) is 0 Å². The van der Waals surface area contributed by atoms with E-state index in [9.17, 15) is 13.6 Å². The fourth-order valence-electron chi connectivity index (χ4n) is 2.57. The molecule has 0 N–H and O–H groups in total. The van der Waals surface area contributed by atoms with Crippen LogP contribution in [-0.4, -0.2) is 19.2 Å². The van der Waals surface area contributed by atoms with Gasteiger partial charge in [0.05, 0.1) is 5.69 Å². The molecule has 0 amide bonds. The Morgan fingerprint density at radius 2 is 1.73 bits per heavy atom. The van der Waals surface area contributed by atoms with Crippen molar-refractivity contribution >= 4 is 17.4 Å². The first-order valence-corrected chi connectivity index (χ1v) is 8.70. The lowest BCUT2D eigenvalue weighted by Gasteiger charge is -2.06. The van der Waals surface area contributed by atoms with E-state index in [-0.39, 0.29) is 11.5 Å². The highest BCUT2D eigenvalue weighted by molar-refractivity contribution is 7.98. The summed E-state index contributed by atoms with van der Waals surface area (Å²) >= 11 is 1.35. The van der Waals surface area contributed by atoms with Crippen LogP contribution in [0.15, 0.2) is 70.9 Å². The maximum Gasteiger partial charge on any atom is 0.300 e. The summed E-state index contributed by atoms with van der Waals surface area (Å²) in [5.41, 5.74) is 0.955. The number of benzene rings is 2. The molecule has 2 aromatic heterocycles. The third-order valence-electron chi connectivity index (χ3n) is 3.78. The summed E-state index contributed by atoms with van der Waals surface area (Å²) in [4.78, 5) is 12.6. The molecule has 0 unspecified atom stereocenters. The van der Waals surface area contributed by atoms with Gasteiger partial charge in [-0.15, -0.1) is 10.2 Å². The van der Waals surface area contributed by atoms with E-state index in [2.05, 4.69) is 10.2 Å². The lowest BCUT2D eigenvalue weighted by atomic mass is 10.2. The molecule has 0 aliphatic carbocycles. The number of halogens is 2. The lowest BCUT2D eigenvalue weighted by molar-refractivity contribution is 0.626. The third kappa shape index (κ3) is 3.11. The monoisotopic (exact) mass is 370 g/mol. The van der Waals surface area contributed by atoms with Crippen molar-refractivity contribution in [2.24, 2.45) is 0 Å². The van der Waals surface area contributed by atoms with Crippen molar-refractivity contribution in [2.45, 2.75) is 10.9 Å². The Balaban J connectivity index is 1.67. The number of nitrogens with zero attached hydrogens (tertiary/aromatic N) is 4. The largest absolute Gasteiger partial charge is 0.300 e. The van der Waals surface area contributed by atoms with Gasteiger partial charge in [-0.25, -0.2) is 8.78 Å². The molecule has 0 fully saturated rings. The molecule has 0 radical (unpaired) electrons. The standard InChI is InChI=1S/C18H12F2N4OS/c19-13-4-1-3-12(9-13)11-26-18-22-21-16-17(25)23(7-8-24(16)18)15-6-2-5-14(20)10-15/h1-10H,11H2. The second-order valence-corrected chi connectivity index (χ2v) is 6.49. The average molecular weight is 370 g/mol. The van der Waals surface area contributed by atoms with E-state index in [0.717, 1.165) is 5.56 Å². The van der Waals surface area contributed by atoms with E-state index in [4.69, 9.17) is 0 Å². The zero-order chi connectivity index (χ0) is 18.1. The maximum atomic E-state index is 13.4. The number of hydrogen-bond donors (Lipinski definition) is 0. The first-order chi connectivity index (χ1) is 12.6. The molecule has 130 valence electrons. The average Bonchev–Trinajstić information content (AvgIpc) is 3.04. The maximum absolute atomic E-state index is 13.4. The third-order valence-corrected chi connectivity index (χ3v) is 4.80. The smallest absolute Gasteiger partial charge is 0.279 e. The SMILES string of the molecule is O=c1c2nnc(SCc3cccc(F)c3)n2ccn1-c1cccc(F)c1. The summed E-state index contributed by atoms with van der Waals surface area (Å²) in [5.74, 6) is -0.236. The van der Waals surface area contributed by atoms with Crippen LogP contribution in [0.5, 0.6) is 0 Å². The molecule has 5 nitrogen and oxygen atoms in total. The van der Waals surface area contributed by atoms with E-state index in [0.29, 0.717) is 16.6 Å². The van der Waals surface area contributed by atoms with Crippen LogP contribution in [0.1, 0.15) is 5.56 Å². The predicted octanol–water partition coefficient (Wildman–Crippen LogP) is 3.45. The van der Waals surface area contributed by atoms with E-state index < -0.39 is 11.4 Å². The Kier molecular flexibility index (Phi) is 4.26. The highest BCUT2D eigenvalue weighted by Gasteiger charge is 2.12. The van der Waals surface area contributed by atoms with E-state index in [1.54, 1.807) is 28.9 Å². The van der Waals surface area contributed by atoms with Crippen LogP contribution in [0.3, 0.4) is 0 Å². The first-order valence-electron chi connectivity index (χ1n) is 7.71. The van der Waals surface area contributed by atoms with Gasteiger partial charge in [0.25, 0.3) is 0 Å². The fraction of sp³-hybridized carbons (Fsp3) is 0.0556. The fourth-order valence-corrected chi connectivity index (χ4v) is 3.43. The summed E-state index contributed by atoms with van der Waals surface area (Å²) in [6.07, 6.45) is 3.19. The Hall–Kier alpha value is -3.00. The normalized spacial score (nSPS) is 11.2. The topological polar surface area (TPSA) is 52.2 Å². The van der Waals surface area contributed by atoms with Gasteiger partial charge in [-0.05, 0) is 35.9 Å². The van der Waals surface area contributed by atoms with Crippen LogP contribution in [0.2, 0.25) is 0 Å². The Morgan fingerprint density at radius 3 is 2.50 bits per heavy atom. The molecule has 0 atom stereocenters. The van der Waals surface area contributed by atoms with Crippen LogP contribution < -0.4 is 5.56 Å². The second-order valence-electron chi connectivity index (χ2n) is 5.55. The van der Waals surface area contributed by atoms with Gasteiger partial charge in [0.15, 0.2) is 5.16 Å². The second kappa shape index (κ2) is 6.72. The summed E-state index contributed by atoms with van der Waals surface area (Å²) in [6.45, 7) is 0. The quantitative estimate of drug-likeness (QED) is 0.517. The predicted molar refractivity (Wildman–Crippen MR) is 94.5 cm³/mol. The van der Waals surface area contributed by atoms with Gasteiger partial charge in [0.1, 0.15) is 11.6 Å². The van der Waals surface area contributed by atoms with Crippen LogP contribution in [0.25, 0.3) is 11.3 Å². The number of rotatable bonds is 4. The first kappa shape index (κ1) is 16.5. The minimum Gasteiger partial charge on any atom is -0.279 e. The van der Waals surface area contributed by atoms with Crippen molar-refractivity contribution in [1.82, 2.24) is 19.2 Å². The van der Waals surface area contributed by atoms with Crippen molar-refractivity contribution in [3.05, 3.63) is 88.5 Å². The summed E-state index contributed by atoms with van der Waals surface area (Å²) in [6, 6.07) is 12.0. The molecular formula is C18H12F2N4OS. The van der Waals surface area contributed by atoms with E-state index in [1.807, 2.05) is 6.07 Å². The summed E-state index contributed by atoms with van der Waals surface area (Å²) < 4.78 is 29.6. The van der Waals surface area contributed by atoms with Gasteiger partial charge in [0, 0.05) is 18.1 Å². The molecule has 26 heavy (non-hydrogen) atoms. The van der Waals surface area contributed by atoms with Crippen LogP contribution in [0.4, 0.5) is 8.78 Å². The molecule has 2 aromatic carbocycles. The zero-order valence-electron chi connectivity index (χ0n) is 13.3. The minimum absolute atomic E-state index is 0.138. The molecule has 0 aliphatic rings. The van der Waals surface area contributed by atoms with Gasteiger partial charge < -0.3 is 0 Å². The molecule has 8 heteroatoms. The van der Waals surface area contributed by atoms with E-state index >= 15 is 0 Å². The molecule has 0 aliphatic heterocycles. The molecule has 0 spiro atoms. The molecular weight excluding hydrogens is 358 g/mol. The van der Waals surface area contributed by atoms with Crippen molar-refractivity contribution in [2.75, 3.05) is 0 Å². The highest BCUT2D eigenvalue weighted by atomic mass is 32.2. The Labute approximate surface area is 150 Å². The van der Waals surface area contributed by atoms with Crippen LogP contribution in [-0.2, 0) is 5.75 Å². The lowest BCUT2D eigenvalue weighted by Crippen LogP contribution is -2.20. The summed E-state index contributed by atoms with van der Waals surface area (Å²) in [5, 5.41) is 8.51. The molecule has 2 heterocycles. The van der Waals surface area contributed by atoms with Crippen molar-refractivity contribution in [3.63, 3.8) is 0 Å². The molecule has 0 saturated carbocycles. The van der Waals surface area contributed by atoms with Gasteiger partial charge in [-0.3, -0.25) is 13.8 Å². The van der Waals surface area contributed by atoms with Crippen LogP contribution in [0, 0.1) is 11.6 Å². The molecule has 0 bridgehead atoms. The number of aromatic nitrogens is 4. The number of hydrogen-bond acceptors (Lipinski definition) is 4. The molecule has 4 rings (SSSR count). The van der Waals surface area contributed by atoms with Crippen molar-refractivity contribution in [1.29, 1.82) is 0 Å². The molecule has 0 saturated heterocycles. The Bertz CT molecular complexity index is 1160. The minimum atomic E-state index is -0.429. The van der Waals surface area contributed by atoms with E-state index in [1.165, 1.54) is 46.7 Å². The number of thioether (sulfide) groups is 1. The van der Waals surface area contributed by atoms with Gasteiger partial charge in [-0.1, -0.05) is 30.0 Å². The summed E-state index contributed by atoms with van der Waals surface area (Å²) in [7, 11) is 0. The van der Waals surface area contributed by atoms with Crippen LogP contribution >= 0.6 is 11.8 Å². The molecule has 4 aromatic rings. The Morgan fingerprint density at radius 1 is 0.962 bits per heavy atom. The highest BCUT2D eigenvalue weighted by Crippen LogP contribution is 2.21. The zero-order valence-corrected chi connectivity index (χ0v) is 14.2. The van der Waals surface area contributed by atoms with Crippen molar-refractivity contribution < 1.29 is 8.78 Å². The van der Waals surface area contributed by atoms with Gasteiger partial charge >= 0.3 is 5.56 Å². The van der Waals surface area contributed by atoms with Crippen molar-refractivity contribution in [3.8, 4) is 5.69 Å².